The number of rotatable bonds is 4. The lowest BCUT2D eigenvalue weighted by Crippen LogP contribution is -2.40. The molecule has 2 unspecified atom stereocenters. The van der Waals surface area contributed by atoms with Crippen molar-refractivity contribution in [3.63, 3.8) is 0 Å². The number of hydrogen-bond acceptors (Lipinski definition) is 4. The van der Waals surface area contributed by atoms with Crippen LogP contribution in [0.1, 0.15) is 23.7 Å². The van der Waals surface area contributed by atoms with Crippen LogP contribution >= 0.6 is 0 Å². The van der Waals surface area contributed by atoms with E-state index in [-0.39, 0.29) is 13.0 Å². The van der Waals surface area contributed by atoms with E-state index in [9.17, 15) is 14.7 Å². The summed E-state index contributed by atoms with van der Waals surface area (Å²) in [7, 11) is 0. The fraction of sp³-hybridized carbons (Fsp3) is 0.429. The third-order valence-electron chi connectivity index (χ3n) is 3.24. The third-order valence-corrected chi connectivity index (χ3v) is 3.24. The molecule has 0 aliphatic carbocycles. The van der Waals surface area contributed by atoms with Gasteiger partial charge in [0.25, 0.3) is 5.91 Å². The number of likely N-dealkylation sites (tertiary alicyclic amines) is 1. The molecule has 1 heterocycles. The summed E-state index contributed by atoms with van der Waals surface area (Å²) in [4.78, 5) is 24.6. The summed E-state index contributed by atoms with van der Waals surface area (Å²) in [5, 5.41) is 18.6. The van der Waals surface area contributed by atoms with Gasteiger partial charge in [0, 0.05) is 18.5 Å². The summed E-state index contributed by atoms with van der Waals surface area (Å²) in [6, 6.07) is 5.55. The van der Waals surface area contributed by atoms with Gasteiger partial charge in [0.1, 0.15) is 11.8 Å². The number of nitrogens with zero attached hydrogens (tertiary/aromatic N) is 1. The molecule has 2 atom stereocenters. The molecule has 0 spiro atoms. The molecule has 0 saturated carbocycles. The smallest absolute Gasteiger partial charge is 0.326 e. The number of carbonyl (C=O) groups is 2. The lowest BCUT2D eigenvalue weighted by atomic mass is 10.1. The molecule has 6 heteroatoms. The van der Waals surface area contributed by atoms with Crippen LogP contribution < -0.4 is 4.74 Å². The van der Waals surface area contributed by atoms with Crippen LogP contribution in [0.4, 0.5) is 0 Å². The molecule has 108 valence electrons. The molecule has 1 aromatic rings. The average Bonchev–Trinajstić information content (AvgIpc) is 2.81. The molecule has 0 aromatic heterocycles. The van der Waals surface area contributed by atoms with Crippen molar-refractivity contribution in [2.24, 2.45) is 0 Å². The highest BCUT2D eigenvalue weighted by molar-refractivity contribution is 5.97. The van der Waals surface area contributed by atoms with Gasteiger partial charge in [-0.05, 0) is 31.2 Å². The van der Waals surface area contributed by atoms with Crippen LogP contribution in [0, 0.1) is 0 Å². The zero-order chi connectivity index (χ0) is 14.7. The molecule has 0 bridgehead atoms. The van der Waals surface area contributed by atoms with Crippen molar-refractivity contribution in [3.05, 3.63) is 29.8 Å². The second kappa shape index (κ2) is 5.92. The molecule has 20 heavy (non-hydrogen) atoms. The lowest BCUT2D eigenvalue weighted by molar-refractivity contribution is -0.141. The van der Waals surface area contributed by atoms with Gasteiger partial charge in [0.05, 0.1) is 12.7 Å². The van der Waals surface area contributed by atoms with Gasteiger partial charge in [-0.15, -0.1) is 0 Å². The van der Waals surface area contributed by atoms with Crippen molar-refractivity contribution in [2.75, 3.05) is 13.2 Å². The first-order valence-corrected chi connectivity index (χ1v) is 6.47. The van der Waals surface area contributed by atoms with Crippen molar-refractivity contribution in [2.45, 2.75) is 25.5 Å². The largest absolute Gasteiger partial charge is 0.494 e. The normalized spacial score (nSPS) is 21.8. The molecule has 2 N–H and O–H groups in total. The fourth-order valence-corrected chi connectivity index (χ4v) is 2.30. The number of aliphatic hydroxyl groups is 1. The average molecular weight is 279 g/mol. The highest BCUT2D eigenvalue weighted by Gasteiger charge is 2.39. The molecule has 1 saturated heterocycles. The Bertz CT molecular complexity index is 499. The monoisotopic (exact) mass is 279 g/mol. The highest BCUT2D eigenvalue weighted by atomic mass is 16.5. The SMILES string of the molecule is CCOc1ccc(C(=O)N2CC(O)CC2C(=O)O)cc1. The Morgan fingerprint density at radius 1 is 1.35 bits per heavy atom. The van der Waals surface area contributed by atoms with Crippen molar-refractivity contribution in [3.8, 4) is 5.75 Å². The Kier molecular flexibility index (Phi) is 4.24. The molecule has 6 nitrogen and oxygen atoms in total. The van der Waals surface area contributed by atoms with Crippen molar-refractivity contribution >= 4 is 11.9 Å². The Morgan fingerprint density at radius 3 is 2.55 bits per heavy atom. The van der Waals surface area contributed by atoms with Gasteiger partial charge in [-0.2, -0.15) is 0 Å². The minimum absolute atomic E-state index is 0.0447. The second-order valence-corrected chi connectivity index (χ2v) is 4.66. The number of amides is 1. The van der Waals surface area contributed by atoms with Gasteiger partial charge in [0.15, 0.2) is 0 Å². The summed E-state index contributed by atoms with van der Waals surface area (Å²) < 4.78 is 5.28. The van der Waals surface area contributed by atoms with Crippen LogP contribution in [0.25, 0.3) is 0 Å². The molecule has 1 aliphatic rings. The molecule has 1 aliphatic heterocycles. The number of ether oxygens (including phenoxy) is 1. The van der Waals surface area contributed by atoms with E-state index in [1.165, 1.54) is 4.90 Å². The minimum Gasteiger partial charge on any atom is -0.494 e. The lowest BCUT2D eigenvalue weighted by Gasteiger charge is -2.21. The van der Waals surface area contributed by atoms with E-state index in [4.69, 9.17) is 9.84 Å². The standard InChI is InChI=1S/C14H17NO5/c1-2-20-11-5-3-9(4-6-11)13(17)15-8-10(16)7-12(15)14(18)19/h3-6,10,12,16H,2,7-8H2,1H3,(H,18,19). The van der Waals surface area contributed by atoms with E-state index in [1.54, 1.807) is 24.3 Å². The highest BCUT2D eigenvalue weighted by Crippen LogP contribution is 2.22. The maximum absolute atomic E-state index is 12.3. The first-order valence-electron chi connectivity index (χ1n) is 6.47. The molecule has 2 rings (SSSR count). The van der Waals surface area contributed by atoms with Gasteiger partial charge in [-0.25, -0.2) is 4.79 Å². The van der Waals surface area contributed by atoms with Gasteiger partial charge < -0.3 is 19.8 Å². The van der Waals surface area contributed by atoms with E-state index in [0.29, 0.717) is 17.9 Å². The first kappa shape index (κ1) is 14.3. The summed E-state index contributed by atoms with van der Waals surface area (Å²) in [6.07, 6.45) is -0.722. The van der Waals surface area contributed by atoms with Gasteiger partial charge in [-0.1, -0.05) is 0 Å². The quantitative estimate of drug-likeness (QED) is 0.849. The number of β-amino-alcohol motifs (C(OH)–C–C–N with tert-alkyl or cyclic N) is 1. The minimum atomic E-state index is -1.10. The third kappa shape index (κ3) is 2.91. The number of aliphatic carboxylic acids is 1. The van der Waals surface area contributed by atoms with E-state index in [2.05, 4.69) is 0 Å². The van der Waals surface area contributed by atoms with Crippen molar-refractivity contribution in [1.82, 2.24) is 4.90 Å². The molecule has 1 fully saturated rings. The van der Waals surface area contributed by atoms with Crippen molar-refractivity contribution in [1.29, 1.82) is 0 Å². The van der Waals surface area contributed by atoms with E-state index in [0.717, 1.165) is 0 Å². The van der Waals surface area contributed by atoms with Gasteiger partial charge in [-0.3, -0.25) is 4.79 Å². The number of carboxylic acids is 1. The molecular formula is C14H17NO5. The maximum Gasteiger partial charge on any atom is 0.326 e. The van der Waals surface area contributed by atoms with E-state index in [1.807, 2.05) is 6.92 Å². The van der Waals surface area contributed by atoms with Crippen molar-refractivity contribution < 1.29 is 24.5 Å². The Labute approximate surface area is 116 Å². The van der Waals surface area contributed by atoms with Crippen LogP contribution in [0.2, 0.25) is 0 Å². The Balaban J connectivity index is 2.15. The number of aliphatic hydroxyl groups excluding tert-OH is 1. The zero-order valence-electron chi connectivity index (χ0n) is 11.2. The summed E-state index contributed by atoms with van der Waals surface area (Å²) in [5.41, 5.74) is 0.383. The Morgan fingerprint density at radius 2 is 2.00 bits per heavy atom. The number of carboxylic acid groups (broad SMARTS) is 1. The van der Waals surface area contributed by atoms with Crippen LogP contribution in [0.15, 0.2) is 24.3 Å². The van der Waals surface area contributed by atoms with Crippen LogP contribution in [-0.2, 0) is 4.79 Å². The Hall–Kier alpha value is -2.08. The van der Waals surface area contributed by atoms with Crippen LogP contribution in [0.5, 0.6) is 5.75 Å². The fourth-order valence-electron chi connectivity index (χ4n) is 2.30. The maximum atomic E-state index is 12.3. The summed E-state index contributed by atoms with van der Waals surface area (Å²) in [5.74, 6) is -0.835. The van der Waals surface area contributed by atoms with Crippen LogP contribution in [0.3, 0.4) is 0 Å². The molecule has 1 aromatic carbocycles. The predicted molar refractivity (Wildman–Crippen MR) is 70.7 cm³/mol. The molecular weight excluding hydrogens is 262 g/mol. The van der Waals surface area contributed by atoms with E-state index >= 15 is 0 Å². The zero-order valence-corrected chi connectivity index (χ0v) is 11.2. The number of carbonyl (C=O) groups excluding carboxylic acids is 1. The van der Waals surface area contributed by atoms with E-state index < -0.39 is 24.0 Å². The summed E-state index contributed by atoms with van der Waals surface area (Å²) in [6.45, 7) is 2.44. The van der Waals surface area contributed by atoms with Gasteiger partial charge >= 0.3 is 5.97 Å². The topological polar surface area (TPSA) is 87.1 Å². The number of hydrogen-bond donors (Lipinski definition) is 2. The van der Waals surface area contributed by atoms with Crippen LogP contribution in [-0.4, -0.2) is 52.3 Å². The predicted octanol–water partition coefficient (Wildman–Crippen LogP) is 0.745. The second-order valence-electron chi connectivity index (χ2n) is 4.66. The summed E-state index contributed by atoms with van der Waals surface area (Å²) >= 11 is 0. The number of benzene rings is 1. The van der Waals surface area contributed by atoms with Gasteiger partial charge in [0.2, 0.25) is 0 Å². The molecule has 1 amide bonds. The first-order chi connectivity index (χ1) is 9.52. The molecule has 0 radical (unpaired) electrons.